The lowest BCUT2D eigenvalue weighted by Crippen LogP contribution is -2.01. The molecule has 4 heteroatoms. The van der Waals surface area contributed by atoms with Crippen LogP contribution >= 0.6 is 0 Å². The number of fused-ring (bicyclic) bond motifs is 1. The molecule has 0 unspecified atom stereocenters. The molecule has 0 fully saturated rings. The van der Waals surface area contributed by atoms with E-state index in [2.05, 4.69) is 5.10 Å². The highest BCUT2D eigenvalue weighted by Crippen LogP contribution is 2.20. The number of hydrogen-bond acceptors (Lipinski definition) is 3. The van der Waals surface area contributed by atoms with Crippen LogP contribution in [-0.2, 0) is 6.54 Å². The molecule has 0 aliphatic carbocycles. The summed E-state index contributed by atoms with van der Waals surface area (Å²) in [6.45, 7) is 0.915. The summed E-state index contributed by atoms with van der Waals surface area (Å²) in [5.41, 5.74) is 1.04. The number of methoxy groups -OCH3 is 1. The van der Waals surface area contributed by atoms with Gasteiger partial charge in [0.1, 0.15) is 5.75 Å². The van der Waals surface area contributed by atoms with Gasteiger partial charge in [-0.1, -0.05) is 0 Å². The van der Waals surface area contributed by atoms with Crippen LogP contribution in [0.2, 0.25) is 0 Å². The Morgan fingerprint density at radius 2 is 2.33 bits per heavy atom. The van der Waals surface area contributed by atoms with Gasteiger partial charge in [0, 0.05) is 24.6 Å². The van der Waals surface area contributed by atoms with E-state index in [9.17, 15) is 0 Å². The molecule has 0 amide bonds. The molecule has 0 bridgehead atoms. The van der Waals surface area contributed by atoms with Crippen molar-refractivity contribution in [3.63, 3.8) is 0 Å². The van der Waals surface area contributed by atoms with Crippen molar-refractivity contribution < 1.29 is 9.84 Å². The van der Waals surface area contributed by atoms with E-state index in [1.54, 1.807) is 7.11 Å². The molecule has 15 heavy (non-hydrogen) atoms. The van der Waals surface area contributed by atoms with E-state index in [1.807, 2.05) is 29.1 Å². The molecule has 0 aliphatic rings. The van der Waals surface area contributed by atoms with Gasteiger partial charge in [-0.15, -0.1) is 0 Å². The van der Waals surface area contributed by atoms with Crippen molar-refractivity contribution in [2.75, 3.05) is 13.7 Å². The normalized spacial score (nSPS) is 10.8. The lowest BCUT2D eigenvalue weighted by Gasteiger charge is -2.03. The number of rotatable bonds is 4. The van der Waals surface area contributed by atoms with E-state index in [1.165, 1.54) is 0 Å². The molecular formula is C11H14N2O2. The van der Waals surface area contributed by atoms with E-state index in [4.69, 9.17) is 9.84 Å². The van der Waals surface area contributed by atoms with Gasteiger partial charge < -0.3 is 9.84 Å². The molecular weight excluding hydrogens is 192 g/mol. The minimum Gasteiger partial charge on any atom is -0.497 e. The first-order valence-electron chi connectivity index (χ1n) is 4.95. The number of hydrogen-bond donors (Lipinski definition) is 1. The van der Waals surface area contributed by atoms with E-state index < -0.39 is 0 Å². The number of nitrogens with zero attached hydrogens (tertiary/aromatic N) is 2. The molecule has 80 valence electrons. The number of aromatic nitrogens is 2. The summed E-state index contributed by atoms with van der Waals surface area (Å²) < 4.78 is 7.04. The molecule has 0 saturated carbocycles. The Balaban J connectivity index is 2.38. The van der Waals surface area contributed by atoms with Crippen LogP contribution in [0.4, 0.5) is 0 Å². The monoisotopic (exact) mass is 206 g/mol. The molecule has 1 N–H and O–H groups in total. The van der Waals surface area contributed by atoms with Crippen LogP contribution in [0.1, 0.15) is 6.42 Å². The largest absolute Gasteiger partial charge is 0.497 e. The van der Waals surface area contributed by atoms with E-state index in [0.29, 0.717) is 6.42 Å². The zero-order valence-electron chi connectivity index (χ0n) is 8.68. The van der Waals surface area contributed by atoms with Crippen molar-refractivity contribution in [2.45, 2.75) is 13.0 Å². The van der Waals surface area contributed by atoms with Gasteiger partial charge in [0.15, 0.2) is 0 Å². The maximum atomic E-state index is 8.77. The van der Waals surface area contributed by atoms with Gasteiger partial charge in [0.05, 0.1) is 18.8 Å². The summed E-state index contributed by atoms with van der Waals surface area (Å²) in [6.07, 6.45) is 2.54. The van der Waals surface area contributed by atoms with Crippen molar-refractivity contribution in [1.29, 1.82) is 0 Å². The van der Waals surface area contributed by atoms with E-state index >= 15 is 0 Å². The molecule has 2 rings (SSSR count). The van der Waals surface area contributed by atoms with Gasteiger partial charge in [-0.05, 0) is 18.6 Å². The predicted molar refractivity (Wildman–Crippen MR) is 58.0 cm³/mol. The number of aliphatic hydroxyl groups excluding tert-OH is 1. The maximum absolute atomic E-state index is 8.77. The van der Waals surface area contributed by atoms with Crippen molar-refractivity contribution in [3.8, 4) is 5.75 Å². The Morgan fingerprint density at radius 3 is 3.07 bits per heavy atom. The average Bonchev–Trinajstić information content (AvgIpc) is 2.68. The van der Waals surface area contributed by atoms with Crippen LogP contribution in [-0.4, -0.2) is 28.6 Å². The van der Waals surface area contributed by atoms with Gasteiger partial charge in [0.2, 0.25) is 0 Å². The second-order valence-corrected chi connectivity index (χ2v) is 3.37. The second kappa shape index (κ2) is 4.31. The second-order valence-electron chi connectivity index (χ2n) is 3.37. The highest BCUT2D eigenvalue weighted by Gasteiger charge is 2.03. The Morgan fingerprint density at radius 1 is 1.47 bits per heavy atom. The molecule has 1 heterocycles. The fourth-order valence-corrected chi connectivity index (χ4v) is 1.58. The van der Waals surface area contributed by atoms with E-state index in [0.717, 1.165) is 23.2 Å². The summed E-state index contributed by atoms with van der Waals surface area (Å²) >= 11 is 0. The first kappa shape index (κ1) is 9.98. The van der Waals surface area contributed by atoms with Gasteiger partial charge in [-0.25, -0.2) is 0 Å². The third-order valence-electron chi connectivity index (χ3n) is 2.38. The fourth-order valence-electron chi connectivity index (χ4n) is 1.58. The molecule has 1 aromatic heterocycles. The summed E-state index contributed by atoms with van der Waals surface area (Å²) in [5.74, 6) is 0.827. The fraction of sp³-hybridized carbons (Fsp3) is 0.364. The maximum Gasteiger partial charge on any atom is 0.121 e. The molecule has 4 nitrogen and oxygen atoms in total. The zero-order chi connectivity index (χ0) is 10.7. The number of aliphatic hydroxyl groups is 1. The standard InChI is InChI=1S/C11H14N2O2/c1-15-10-4-3-9-8-12-13(5-2-6-14)11(9)7-10/h3-4,7-8,14H,2,5-6H2,1H3. The topological polar surface area (TPSA) is 47.3 Å². The highest BCUT2D eigenvalue weighted by molar-refractivity contribution is 5.80. The summed E-state index contributed by atoms with van der Waals surface area (Å²) in [7, 11) is 1.65. The quantitative estimate of drug-likeness (QED) is 0.823. The molecule has 0 saturated heterocycles. The van der Waals surface area contributed by atoms with Crippen molar-refractivity contribution >= 4 is 10.9 Å². The van der Waals surface area contributed by atoms with Gasteiger partial charge in [-0.3, -0.25) is 4.68 Å². The summed E-state index contributed by atoms with van der Waals surface area (Å²) in [4.78, 5) is 0. The summed E-state index contributed by atoms with van der Waals surface area (Å²) in [6, 6.07) is 5.86. The average molecular weight is 206 g/mol. The van der Waals surface area contributed by atoms with Crippen molar-refractivity contribution in [3.05, 3.63) is 24.4 Å². The third-order valence-corrected chi connectivity index (χ3v) is 2.38. The van der Waals surface area contributed by atoms with Crippen LogP contribution in [0, 0.1) is 0 Å². The molecule has 1 aromatic carbocycles. The predicted octanol–water partition coefficient (Wildman–Crippen LogP) is 1.43. The highest BCUT2D eigenvalue weighted by atomic mass is 16.5. The van der Waals surface area contributed by atoms with E-state index in [-0.39, 0.29) is 6.61 Å². The molecule has 0 aliphatic heterocycles. The Hall–Kier alpha value is -1.55. The number of benzene rings is 1. The molecule has 2 aromatic rings. The SMILES string of the molecule is COc1ccc2cnn(CCCO)c2c1. The first-order valence-corrected chi connectivity index (χ1v) is 4.95. The van der Waals surface area contributed by atoms with Gasteiger partial charge in [-0.2, -0.15) is 5.10 Å². The Kier molecular flexibility index (Phi) is 2.87. The summed E-state index contributed by atoms with van der Waals surface area (Å²) in [5, 5.41) is 14.1. The van der Waals surface area contributed by atoms with Crippen LogP contribution < -0.4 is 4.74 Å². The lowest BCUT2D eigenvalue weighted by molar-refractivity contribution is 0.278. The number of aryl methyl sites for hydroxylation is 1. The molecule has 0 spiro atoms. The first-order chi connectivity index (χ1) is 7.35. The smallest absolute Gasteiger partial charge is 0.121 e. The van der Waals surface area contributed by atoms with Gasteiger partial charge in [0.25, 0.3) is 0 Å². The zero-order valence-corrected chi connectivity index (χ0v) is 8.68. The molecule has 0 radical (unpaired) electrons. The lowest BCUT2D eigenvalue weighted by atomic mass is 10.2. The third kappa shape index (κ3) is 1.94. The van der Waals surface area contributed by atoms with Crippen LogP contribution in [0.15, 0.2) is 24.4 Å². The van der Waals surface area contributed by atoms with Crippen LogP contribution in [0.3, 0.4) is 0 Å². The van der Waals surface area contributed by atoms with Crippen molar-refractivity contribution in [1.82, 2.24) is 9.78 Å². The van der Waals surface area contributed by atoms with Crippen molar-refractivity contribution in [2.24, 2.45) is 0 Å². The molecule has 0 atom stereocenters. The Bertz CT molecular complexity index is 451. The van der Waals surface area contributed by atoms with Crippen LogP contribution in [0.5, 0.6) is 5.75 Å². The van der Waals surface area contributed by atoms with Crippen LogP contribution in [0.25, 0.3) is 10.9 Å². The Labute approximate surface area is 88.1 Å². The number of ether oxygens (including phenoxy) is 1. The minimum atomic E-state index is 0.186. The van der Waals surface area contributed by atoms with Gasteiger partial charge >= 0.3 is 0 Å². The minimum absolute atomic E-state index is 0.186.